The van der Waals surface area contributed by atoms with Gasteiger partial charge in [-0.25, -0.2) is 9.67 Å². The van der Waals surface area contributed by atoms with Crippen molar-refractivity contribution in [3.8, 4) is 0 Å². The van der Waals surface area contributed by atoms with Crippen LogP contribution < -0.4 is 5.32 Å². The van der Waals surface area contributed by atoms with E-state index in [9.17, 15) is 0 Å². The van der Waals surface area contributed by atoms with Crippen LogP contribution in [0.2, 0.25) is 0 Å². The Kier molecular flexibility index (Phi) is 6.49. The van der Waals surface area contributed by atoms with Crippen molar-refractivity contribution in [1.29, 1.82) is 0 Å². The number of aryl methyl sites for hydroxylation is 1. The molecule has 0 radical (unpaired) electrons. The summed E-state index contributed by atoms with van der Waals surface area (Å²) in [5.41, 5.74) is 0. The summed E-state index contributed by atoms with van der Waals surface area (Å²) in [5, 5.41) is 7.68. The Hall–Kier alpha value is -0.550. The highest BCUT2D eigenvalue weighted by Crippen LogP contribution is 2.02. The molecular weight excluding hydrogens is 220 g/mol. The Bertz CT molecular complexity index is 287. The van der Waals surface area contributed by atoms with Crippen LogP contribution in [-0.4, -0.2) is 32.3 Å². The lowest BCUT2D eigenvalue weighted by Crippen LogP contribution is -2.29. The Morgan fingerprint density at radius 2 is 2.31 bits per heavy atom. The van der Waals surface area contributed by atoms with Crippen LogP contribution in [0, 0.1) is 0 Å². The van der Waals surface area contributed by atoms with Crippen molar-refractivity contribution in [2.45, 2.75) is 46.3 Å². The van der Waals surface area contributed by atoms with Gasteiger partial charge in [-0.15, -0.1) is 0 Å². The number of hydrogen-bond donors (Lipinski definition) is 1. The summed E-state index contributed by atoms with van der Waals surface area (Å²) in [6.07, 6.45) is 2.73. The molecule has 1 N–H and O–H groups in total. The predicted molar refractivity (Wildman–Crippen MR) is 69.6 cm³/mol. The first kappa shape index (κ1) is 13.5. The lowest BCUT2D eigenvalue weighted by Gasteiger charge is -2.12. The van der Waals surface area contributed by atoms with Crippen molar-refractivity contribution in [3.05, 3.63) is 12.2 Å². The van der Waals surface area contributed by atoms with E-state index in [2.05, 4.69) is 36.2 Å². The first-order valence-electron chi connectivity index (χ1n) is 5.95. The van der Waals surface area contributed by atoms with Crippen molar-refractivity contribution in [3.63, 3.8) is 0 Å². The summed E-state index contributed by atoms with van der Waals surface area (Å²) in [4.78, 5) is 4.27. The van der Waals surface area contributed by atoms with Crippen LogP contribution in [0.3, 0.4) is 0 Å². The Morgan fingerprint density at radius 1 is 1.50 bits per heavy atom. The molecule has 0 aliphatic carbocycles. The zero-order valence-electron chi connectivity index (χ0n) is 10.4. The Morgan fingerprint density at radius 3 is 3.00 bits per heavy atom. The minimum atomic E-state index is 0.525. The van der Waals surface area contributed by atoms with E-state index in [1.54, 1.807) is 6.33 Å². The van der Waals surface area contributed by atoms with E-state index in [-0.39, 0.29) is 0 Å². The van der Waals surface area contributed by atoms with Crippen LogP contribution in [-0.2, 0) is 13.1 Å². The average molecular weight is 242 g/mol. The molecule has 0 fully saturated rings. The van der Waals surface area contributed by atoms with Crippen LogP contribution >= 0.6 is 11.8 Å². The summed E-state index contributed by atoms with van der Waals surface area (Å²) < 4.78 is 1.98. The number of nitrogens with one attached hydrogen (secondary N) is 1. The topological polar surface area (TPSA) is 42.7 Å². The molecular formula is C11H22N4S. The van der Waals surface area contributed by atoms with Crippen LogP contribution in [0.25, 0.3) is 0 Å². The van der Waals surface area contributed by atoms with Gasteiger partial charge in [0.2, 0.25) is 0 Å². The molecule has 4 nitrogen and oxygen atoms in total. The first-order valence-corrected chi connectivity index (χ1v) is 7.11. The third-order valence-corrected chi connectivity index (χ3v) is 3.46. The van der Waals surface area contributed by atoms with E-state index in [0.717, 1.165) is 31.1 Å². The van der Waals surface area contributed by atoms with Crippen LogP contribution in [0.5, 0.6) is 0 Å². The predicted octanol–water partition coefficient (Wildman–Crippen LogP) is 1.92. The van der Waals surface area contributed by atoms with Gasteiger partial charge in [0.15, 0.2) is 0 Å². The number of thioether (sulfide) groups is 1. The third-order valence-electron chi connectivity index (χ3n) is 2.31. The monoisotopic (exact) mass is 242 g/mol. The highest BCUT2D eigenvalue weighted by molar-refractivity contribution is 7.99. The molecule has 1 heterocycles. The van der Waals surface area contributed by atoms with Gasteiger partial charge in [-0.3, -0.25) is 0 Å². The second-order valence-corrected chi connectivity index (χ2v) is 5.16. The number of hydrogen-bond acceptors (Lipinski definition) is 4. The molecule has 0 saturated heterocycles. The molecule has 0 bridgehead atoms. The zero-order chi connectivity index (χ0) is 11.8. The van der Waals surface area contributed by atoms with Gasteiger partial charge in [-0.1, -0.05) is 13.8 Å². The van der Waals surface area contributed by atoms with E-state index >= 15 is 0 Å². The van der Waals surface area contributed by atoms with E-state index in [0.29, 0.717) is 6.04 Å². The highest BCUT2D eigenvalue weighted by Gasteiger charge is 2.05. The quantitative estimate of drug-likeness (QED) is 0.756. The molecule has 1 aromatic heterocycles. The van der Waals surface area contributed by atoms with Gasteiger partial charge >= 0.3 is 0 Å². The maximum absolute atomic E-state index is 4.27. The second-order valence-electron chi connectivity index (χ2n) is 3.84. The maximum Gasteiger partial charge on any atom is 0.140 e. The van der Waals surface area contributed by atoms with Gasteiger partial charge in [0, 0.05) is 18.3 Å². The molecule has 1 unspecified atom stereocenters. The van der Waals surface area contributed by atoms with Gasteiger partial charge in [-0.05, 0) is 19.1 Å². The van der Waals surface area contributed by atoms with Crippen molar-refractivity contribution < 1.29 is 0 Å². The van der Waals surface area contributed by atoms with E-state index in [1.165, 1.54) is 5.75 Å². The molecule has 0 aromatic carbocycles. The zero-order valence-corrected chi connectivity index (χ0v) is 11.3. The number of nitrogens with zero attached hydrogens (tertiary/aromatic N) is 3. The molecule has 1 aromatic rings. The van der Waals surface area contributed by atoms with E-state index < -0.39 is 0 Å². The fraction of sp³-hybridized carbons (Fsp3) is 0.818. The standard InChI is InChI=1S/C11H22N4S/c1-4-6-15-11(13-9-14-15)7-12-10(3)8-16-5-2/h9-10,12H,4-8H2,1-3H3. The van der Waals surface area contributed by atoms with E-state index in [1.807, 2.05) is 16.4 Å². The molecule has 1 rings (SSSR count). The Labute approximate surface area is 102 Å². The molecule has 0 aliphatic rings. The van der Waals surface area contributed by atoms with Crippen molar-refractivity contribution in [1.82, 2.24) is 20.1 Å². The van der Waals surface area contributed by atoms with Crippen molar-refractivity contribution >= 4 is 11.8 Å². The highest BCUT2D eigenvalue weighted by atomic mass is 32.2. The lowest BCUT2D eigenvalue weighted by molar-refractivity contribution is 0.518. The van der Waals surface area contributed by atoms with E-state index in [4.69, 9.17) is 0 Å². The molecule has 92 valence electrons. The molecule has 0 aliphatic heterocycles. The Balaban J connectivity index is 2.32. The fourth-order valence-electron chi connectivity index (χ4n) is 1.44. The second kappa shape index (κ2) is 7.68. The fourth-order valence-corrected chi connectivity index (χ4v) is 2.15. The van der Waals surface area contributed by atoms with Gasteiger partial charge in [-0.2, -0.15) is 16.9 Å². The SMILES string of the molecule is CCCn1ncnc1CNC(C)CSCC. The molecule has 0 spiro atoms. The normalized spacial score (nSPS) is 12.9. The smallest absolute Gasteiger partial charge is 0.140 e. The summed E-state index contributed by atoms with van der Waals surface area (Å²) in [7, 11) is 0. The molecule has 0 amide bonds. The van der Waals surface area contributed by atoms with Gasteiger partial charge in [0.1, 0.15) is 12.2 Å². The van der Waals surface area contributed by atoms with Crippen LogP contribution in [0.15, 0.2) is 6.33 Å². The van der Waals surface area contributed by atoms with Gasteiger partial charge < -0.3 is 5.32 Å². The third kappa shape index (κ3) is 4.53. The summed E-state index contributed by atoms with van der Waals surface area (Å²) in [6.45, 7) is 8.32. The minimum Gasteiger partial charge on any atom is -0.307 e. The van der Waals surface area contributed by atoms with Crippen LogP contribution in [0.4, 0.5) is 0 Å². The maximum atomic E-state index is 4.27. The van der Waals surface area contributed by atoms with Crippen LogP contribution in [0.1, 0.15) is 33.0 Å². The van der Waals surface area contributed by atoms with Gasteiger partial charge in [0.25, 0.3) is 0 Å². The summed E-state index contributed by atoms with van der Waals surface area (Å²) in [6, 6.07) is 0.525. The number of rotatable bonds is 8. The summed E-state index contributed by atoms with van der Waals surface area (Å²) >= 11 is 1.96. The average Bonchev–Trinajstić information content (AvgIpc) is 2.72. The van der Waals surface area contributed by atoms with Crippen molar-refractivity contribution in [2.75, 3.05) is 11.5 Å². The lowest BCUT2D eigenvalue weighted by atomic mass is 10.4. The molecule has 5 heteroatoms. The van der Waals surface area contributed by atoms with Crippen molar-refractivity contribution in [2.24, 2.45) is 0 Å². The minimum absolute atomic E-state index is 0.525. The number of aromatic nitrogens is 3. The molecule has 1 atom stereocenters. The summed E-state index contributed by atoms with van der Waals surface area (Å²) in [5.74, 6) is 3.37. The first-order chi connectivity index (χ1) is 7.77. The largest absolute Gasteiger partial charge is 0.307 e. The van der Waals surface area contributed by atoms with Gasteiger partial charge in [0.05, 0.1) is 6.54 Å². The molecule has 0 saturated carbocycles. The molecule has 16 heavy (non-hydrogen) atoms.